The predicted molar refractivity (Wildman–Crippen MR) is 105 cm³/mol. The second-order valence-electron chi connectivity index (χ2n) is 6.20. The molecule has 1 N–H and O–H groups in total. The lowest BCUT2D eigenvalue weighted by atomic mass is 9.96. The van der Waals surface area contributed by atoms with Gasteiger partial charge in [-0.15, -0.1) is 11.8 Å². The molecule has 0 aliphatic carbocycles. The van der Waals surface area contributed by atoms with E-state index >= 15 is 0 Å². The molecule has 4 heteroatoms. The highest BCUT2D eigenvalue weighted by atomic mass is 35.5. The summed E-state index contributed by atoms with van der Waals surface area (Å²) in [7, 11) is 0. The number of rotatable bonds is 6. The minimum atomic E-state index is 0.0212. The van der Waals surface area contributed by atoms with Crippen molar-refractivity contribution in [2.45, 2.75) is 39.5 Å². The molecule has 0 aliphatic heterocycles. The lowest BCUT2D eigenvalue weighted by Crippen LogP contribution is -2.28. The predicted octanol–water partition coefficient (Wildman–Crippen LogP) is 5.38. The highest BCUT2D eigenvalue weighted by molar-refractivity contribution is 7.99. The summed E-state index contributed by atoms with van der Waals surface area (Å²) in [6, 6.07) is 12.1. The Morgan fingerprint density at radius 2 is 1.71 bits per heavy atom. The van der Waals surface area contributed by atoms with Crippen LogP contribution in [-0.2, 0) is 10.5 Å². The molecule has 0 heterocycles. The van der Waals surface area contributed by atoms with Crippen molar-refractivity contribution < 1.29 is 4.79 Å². The van der Waals surface area contributed by atoms with Crippen LogP contribution in [0.5, 0.6) is 0 Å². The summed E-state index contributed by atoms with van der Waals surface area (Å²) in [5, 5.41) is 3.83. The summed E-state index contributed by atoms with van der Waals surface area (Å²) in [4.78, 5) is 12.2. The first-order valence-corrected chi connectivity index (χ1v) is 9.59. The van der Waals surface area contributed by atoms with Gasteiger partial charge < -0.3 is 5.32 Å². The molecule has 2 aromatic rings. The Balaban J connectivity index is 1.85. The number of hydrogen-bond donors (Lipinski definition) is 1. The van der Waals surface area contributed by atoms with Gasteiger partial charge in [-0.1, -0.05) is 35.9 Å². The lowest BCUT2D eigenvalue weighted by molar-refractivity contribution is -0.119. The summed E-state index contributed by atoms with van der Waals surface area (Å²) in [5.41, 5.74) is 6.13. The molecule has 0 aliphatic rings. The fraction of sp³-hybridized carbons (Fsp3) is 0.350. The van der Waals surface area contributed by atoms with Crippen LogP contribution < -0.4 is 5.32 Å². The van der Waals surface area contributed by atoms with Crippen LogP contribution in [0.15, 0.2) is 36.4 Å². The number of amides is 1. The Labute approximate surface area is 154 Å². The normalized spacial score (nSPS) is 12.0. The van der Waals surface area contributed by atoms with Gasteiger partial charge in [0.05, 0.1) is 11.8 Å². The Morgan fingerprint density at radius 3 is 2.38 bits per heavy atom. The van der Waals surface area contributed by atoms with Crippen molar-refractivity contribution in [2.24, 2.45) is 0 Å². The van der Waals surface area contributed by atoms with Crippen molar-refractivity contribution in [3.63, 3.8) is 0 Å². The minimum absolute atomic E-state index is 0.0212. The van der Waals surface area contributed by atoms with E-state index in [1.807, 2.05) is 31.2 Å². The highest BCUT2D eigenvalue weighted by Crippen LogP contribution is 2.22. The van der Waals surface area contributed by atoms with Crippen LogP contribution in [0.3, 0.4) is 0 Å². The van der Waals surface area contributed by atoms with Crippen molar-refractivity contribution >= 4 is 29.3 Å². The standard InChI is InChI=1S/C20H24ClNOS/c1-13-9-15(3)19(10-14(13)2)16(4)22-20(23)12-24-11-17-5-7-18(21)8-6-17/h5-10,16H,11-12H2,1-4H3,(H,22,23)/t16-/m1/s1. The van der Waals surface area contributed by atoms with Crippen molar-refractivity contribution in [2.75, 3.05) is 5.75 Å². The van der Waals surface area contributed by atoms with E-state index in [4.69, 9.17) is 11.6 Å². The molecule has 0 radical (unpaired) electrons. The lowest BCUT2D eigenvalue weighted by Gasteiger charge is -2.18. The smallest absolute Gasteiger partial charge is 0.230 e. The highest BCUT2D eigenvalue weighted by Gasteiger charge is 2.13. The molecule has 2 rings (SSSR count). The number of aryl methyl sites for hydroxylation is 3. The first-order valence-electron chi connectivity index (χ1n) is 8.06. The van der Waals surface area contributed by atoms with Crippen molar-refractivity contribution in [3.8, 4) is 0 Å². The topological polar surface area (TPSA) is 29.1 Å². The zero-order chi connectivity index (χ0) is 17.7. The zero-order valence-electron chi connectivity index (χ0n) is 14.7. The van der Waals surface area contributed by atoms with Gasteiger partial charge in [0, 0.05) is 10.8 Å². The molecule has 0 aromatic heterocycles. The van der Waals surface area contributed by atoms with Gasteiger partial charge in [-0.2, -0.15) is 0 Å². The van der Waals surface area contributed by atoms with Gasteiger partial charge in [-0.25, -0.2) is 0 Å². The second kappa shape index (κ2) is 8.59. The molecule has 2 nitrogen and oxygen atoms in total. The quantitative estimate of drug-likeness (QED) is 0.748. The van der Waals surface area contributed by atoms with E-state index < -0.39 is 0 Å². The van der Waals surface area contributed by atoms with Gasteiger partial charge in [-0.3, -0.25) is 4.79 Å². The van der Waals surface area contributed by atoms with E-state index in [-0.39, 0.29) is 11.9 Å². The Hall–Kier alpha value is -1.45. The Bertz CT molecular complexity index is 712. The van der Waals surface area contributed by atoms with Gasteiger partial charge in [0.2, 0.25) is 5.91 Å². The summed E-state index contributed by atoms with van der Waals surface area (Å²) in [6.45, 7) is 8.36. The van der Waals surface area contributed by atoms with Crippen molar-refractivity contribution in [3.05, 3.63) is 69.2 Å². The molecule has 0 saturated heterocycles. The molecule has 1 amide bonds. The molecule has 0 fully saturated rings. The van der Waals surface area contributed by atoms with Crippen LogP contribution in [0, 0.1) is 20.8 Å². The van der Waals surface area contributed by atoms with Gasteiger partial charge in [0.1, 0.15) is 0 Å². The van der Waals surface area contributed by atoms with Crippen LogP contribution in [0.4, 0.5) is 0 Å². The first kappa shape index (κ1) is 18.9. The molecular weight excluding hydrogens is 338 g/mol. The maximum absolute atomic E-state index is 12.2. The second-order valence-corrected chi connectivity index (χ2v) is 7.62. The van der Waals surface area contributed by atoms with E-state index in [2.05, 4.69) is 38.2 Å². The molecular formula is C20H24ClNOS. The van der Waals surface area contributed by atoms with Crippen molar-refractivity contribution in [1.29, 1.82) is 0 Å². The minimum Gasteiger partial charge on any atom is -0.349 e. The summed E-state index contributed by atoms with van der Waals surface area (Å²) in [5.74, 6) is 1.33. The summed E-state index contributed by atoms with van der Waals surface area (Å²) >= 11 is 7.49. The van der Waals surface area contributed by atoms with Crippen LogP contribution in [0.2, 0.25) is 5.02 Å². The number of carbonyl (C=O) groups excluding carboxylic acids is 1. The molecule has 0 bridgehead atoms. The third-order valence-electron chi connectivity index (χ3n) is 4.14. The number of hydrogen-bond acceptors (Lipinski definition) is 2. The average Bonchev–Trinajstić information content (AvgIpc) is 2.52. The molecule has 0 unspecified atom stereocenters. The molecule has 0 spiro atoms. The number of benzene rings is 2. The van der Waals surface area contributed by atoms with E-state index in [9.17, 15) is 4.79 Å². The number of thioether (sulfide) groups is 1. The molecule has 0 saturated carbocycles. The van der Waals surface area contributed by atoms with Crippen LogP contribution in [-0.4, -0.2) is 11.7 Å². The fourth-order valence-electron chi connectivity index (χ4n) is 2.65. The summed E-state index contributed by atoms with van der Waals surface area (Å²) in [6.07, 6.45) is 0. The summed E-state index contributed by atoms with van der Waals surface area (Å²) < 4.78 is 0. The number of nitrogens with one attached hydrogen (secondary N) is 1. The zero-order valence-corrected chi connectivity index (χ0v) is 16.2. The molecule has 128 valence electrons. The SMILES string of the molecule is Cc1cc(C)c([C@@H](C)NC(=O)CSCc2ccc(Cl)cc2)cc1C. The van der Waals surface area contributed by atoms with E-state index in [1.165, 1.54) is 27.8 Å². The average molecular weight is 362 g/mol. The fourth-order valence-corrected chi connectivity index (χ4v) is 3.58. The maximum atomic E-state index is 12.2. The van der Waals surface area contributed by atoms with E-state index in [0.29, 0.717) is 5.75 Å². The maximum Gasteiger partial charge on any atom is 0.230 e. The van der Waals surface area contributed by atoms with Crippen molar-refractivity contribution in [1.82, 2.24) is 5.32 Å². The third-order valence-corrected chi connectivity index (χ3v) is 5.40. The van der Waals surface area contributed by atoms with E-state index in [1.54, 1.807) is 11.8 Å². The van der Waals surface area contributed by atoms with Crippen LogP contribution >= 0.6 is 23.4 Å². The van der Waals surface area contributed by atoms with Gasteiger partial charge >= 0.3 is 0 Å². The largest absolute Gasteiger partial charge is 0.349 e. The Kier molecular flexibility index (Phi) is 6.76. The molecule has 2 aromatic carbocycles. The number of carbonyl (C=O) groups is 1. The van der Waals surface area contributed by atoms with Crippen LogP contribution in [0.1, 0.15) is 40.8 Å². The third kappa shape index (κ3) is 5.29. The van der Waals surface area contributed by atoms with E-state index in [0.717, 1.165) is 10.8 Å². The molecule has 24 heavy (non-hydrogen) atoms. The molecule has 1 atom stereocenters. The van der Waals surface area contributed by atoms with Gasteiger partial charge in [0.15, 0.2) is 0 Å². The Morgan fingerprint density at radius 1 is 1.08 bits per heavy atom. The van der Waals surface area contributed by atoms with Gasteiger partial charge in [-0.05, 0) is 67.6 Å². The first-order chi connectivity index (χ1) is 11.4. The van der Waals surface area contributed by atoms with Crippen LogP contribution in [0.25, 0.3) is 0 Å². The van der Waals surface area contributed by atoms with Gasteiger partial charge in [0.25, 0.3) is 0 Å². The number of halogens is 1. The monoisotopic (exact) mass is 361 g/mol.